The minimum Gasteiger partial charge on any atom is -0.497 e. The predicted molar refractivity (Wildman–Crippen MR) is 41.4 cm³/mol. The summed E-state index contributed by atoms with van der Waals surface area (Å²) >= 11 is 0. The van der Waals surface area contributed by atoms with Crippen LogP contribution in [0.2, 0.25) is 0 Å². The van der Waals surface area contributed by atoms with Crippen LogP contribution in [0.4, 0.5) is 0 Å². The van der Waals surface area contributed by atoms with Gasteiger partial charge in [0.05, 0.1) is 14.2 Å². The topological polar surface area (TPSA) is 18.5 Å². The lowest BCUT2D eigenvalue weighted by atomic mass is 10.4. The molecule has 0 N–H and O–H groups in total. The maximum absolute atomic E-state index is 4.77. The third kappa shape index (κ3) is 3.78. The number of rotatable bonds is 4. The van der Waals surface area contributed by atoms with Gasteiger partial charge in [-0.1, -0.05) is 13.2 Å². The average Bonchev–Trinajstić information content (AvgIpc) is 1.99. The number of methoxy groups -OCH3 is 2. The van der Waals surface area contributed by atoms with Crippen LogP contribution in [-0.4, -0.2) is 14.2 Å². The zero-order chi connectivity index (χ0) is 7.98. The minimum atomic E-state index is 0.582. The Morgan fingerprint density at radius 3 is 1.50 bits per heavy atom. The van der Waals surface area contributed by atoms with Crippen molar-refractivity contribution in [1.82, 2.24) is 0 Å². The average molecular weight is 140 g/mol. The van der Waals surface area contributed by atoms with E-state index in [1.807, 2.05) is 0 Å². The Labute approximate surface area is 61.5 Å². The molecule has 2 nitrogen and oxygen atoms in total. The van der Waals surface area contributed by atoms with Crippen LogP contribution in [0.15, 0.2) is 36.8 Å². The van der Waals surface area contributed by atoms with Gasteiger partial charge in [0, 0.05) is 0 Å². The molecule has 0 aliphatic carbocycles. The van der Waals surface area contributed by atoms with E-state index >= 15 is 0 Å². The highest BCUT2D eigenvalue weighted by molar-refractivity contribution is 5.16. The van der Waals surface area contributed by atoms with E-state index in [0.29, 0.717) is 11.5 Å². The molecule has 0 rings (SSSR count). The fourth-order valence-corrected chi connectivity index (χ4v) is 0.322. The number of hydrogen-bond donors (Lipinski definition) is 0. The van der Waals surface area contributed by atoms with E-state index in [1.165, 1.54) is 0 Å². The van der Waals surface area contributed by atoms with Gasteiger partial charge in [-0.3, -0.25) is 0 Å². The Morgan fingerprint density at radius 2 is 1.30 bits per heavy atom. The quantitative estimate of drug-likeness (QED) is 0.438. The molecule has 0 heterocycles. The second kappa shape index (κ2) is 4.68. The summed E-state index contributed by atoms with van der Waals surface area (Å²) in [4.78, 5) is 0. The van der Waals surface area contributed by atoms with E-state index in [9.17, 15) is 0 Å². The molecule has 2 heteroatoms. The number of hydrogen-bond acceptors (Lipinski definition) is 2. The first-order chi connectivity index (χ1) is 4.70. The van der Waals surface area contributed by atoms with Crippen molar-refractivity contribution in [1.29, 1.82) is 0 Å². The molecule has 0 aliphatic heterocycles. The molecule has 0 saturated heterocycles. The standard InChI is InChI=1S/C8H12O2/c1-7(9-3)5-6-8(2)10-4/h5-6H,1-2H2,3-4H3/b6-5-. The molecule has 0 bridgehead atoms. The summed E-state index contributed by atoms with van der Waals surface area (Å²) in [5, 5.41) is 0. The maximum atomic E-state index is 4.77. The zero-order valence-electron chi connectivity index (χ0n) is 6.39. The molecule has 0 atom stereocenters. The molecule has 0 fully saturated rings. The smallest absolute Gasteiger partial charge is 0.111 e. The molecule has 0 aromatic rings. The van der Waals surface area contributed by atoms with Gasteiger partial charge in [-0.25, -0.2) is 0 Å². The predicted octanol–water partition coefficient (Wildman–Crippen LogP) is 1.86. The van der Waals surface area contributed by atoms with Crippen LogP contribution in [0.25, 0.3) is 0 Å². The van der Waals surface area contributed by atoms with Crippen LogP contribution in [0.1, 0.15) is 0 Å². The molecule has 0 aromatic heterocycles. The highest BCUT2D eigenvalue weighted by atomic mass is 16.5. The van der Waals surface area contributed by atoms with Crippen LogP contribution in [-0.2, 0) is 9.47 Å². The molecule has 0 saturated carbocycles. The molecule has 10 heavy (non-hydrogen) atoms. The van der Waals surface area contributed by atoms with Gasteiger partial charge in [0.1, 0.15) is 11.5 Å². The first kappa shape index (κ1) is 8.82. The second-order valence-corrected chi connectivity index (χ2v) is 1.67. The lowest BCUT2D eigenvalue weighted by Gasteiger charge is -1.97. The van der Waals surface area contributed by atoms with Crippen LogP contribution in [0, 0.1) is 0 Å². The van der Waals surface area contributed by atoms with Crippen LogP contribution in [0.5, 0.6) is 0 Å². The number of allylic oxidation sites excluding steroid dienone is 2. The molecular weight excluding hydrogens is 128 g/mol. The van der Waals surface area contributed by atoms with Crippen molar-refractivity contribution in [2.24, 2.45) is 0 Å². The zero-order valence-corrected chi connectivity index (χ0v) is 6.39. The molecule has 0 aliphatic rings. The summed E-state index contributed by atoms with van der Waals surface area (Å²) in [6.45, 7) is 7.15. The van der Waals surface area contributed by atoms with E-state index < -0.39 is 0 Å². The van der Waals surface area contributed by atoms with Crippen LogP contribution < -0.4 is 0 Å². The normalized spacial score (nSPS) is 9.40. The van der Waals surface area contributed by atoms with Gasteiger partial charge in [0.15, 0.2) is 0 Å². The Morgan fingerprint density at radius 1 is 1.00 bits per heavy atom. The van der Waals surface area contributed by atoms with Gasteiger partial charge in [-0.05, 0) is 12.2 Å². The molecule has 0 unspecified atom stereocenters. The summed E-state index contributed by atoms with van der Waals surface area (Å²) in [6, 6.07) is 0. The van der Waals surface area contributed by atoms with E-state index in [-0.39, 0.29) is 0 Å². The van der Waals surface area contributed by atoms with E-state index in [4.69, 9.17) is 9.47 Å². The Hall–Kier alpha value is -1.18. The summed E-state index contributed by atoms with van der Waals surface area (Å²) in [5.41, 5.74) is 0. The summed E-state index contributed by atoms with van der Waals surface area (Å²) in [7, 11) is 3.12. The fourth-order valence-electron chi connectivity index (χ4n) is 0.322. The Balaban J connectivity index is 3.75. The molecule has 0 radical (unpaired) electrons. The van der Waals surface area contributed by atoms with Crippen molar-refractivity contribution in [3.05, 3.63) is 36.8 Å². The van der Waals surface area contributed by atoms with Crippen molar-refractivity contribution in [3.8, 4) is 0 Å². The van der Waals surface area contributed by atoms with Gasteiger partial charge in [-0.15, -0.1) is 0 Å². The molecule has 56 valence electrons. The van der Waals surface area contributed by atoms with Gasteiger partial charge in [0.2, 0.25) is 0 Å². The monoisotopic (exact) mass is 140 g/mol. The Bertz CT molecular complexity index is 139. The highest BCUT2D eigenvalue weighted by Gasteiger charge is 1.83. The van der Waals surface area contributed by atoms with Crippen molar-refractivity contribution < 1.29 is 9.47 Å². The SMILES string of the molecule is C=C(/C=C\C(=C)OC)OC. The van der Waals surface area contributed by atoms with Crippen LogP contribution in [0.3, 0.4) is 0 Å². The molecular formula is C8H12O2. The lowest BCUT2D eigenvalue weighted by Crippen LogP contribution is -1.80. The third-order valence-corrected chi connectivity index (χ3v) is 0.979. The number of ether oxygens (including phenoxy) is 2. The first-order valence-corrected chi connectivity index (χ1v) is 2.84. The summed E-state index contributed by atoms with van der Waals surface area (Å²) < 4.78 is 9.53. The highest BCUT2D eigenvalue weighted by Crippen LogP contribution is 1.97. The summed E-state index contributed by atoms with van der Waals surface area (Å²) in [5.74, 6) is 1.16. The summed E-state index contributed by atoms with van der Waals surface area (Å²) in [6.07, 6.45) is 3.37. The van der Waals surface area contributed by atoms with E-state index in [0.717, 1.165) is 0 Å². The van der Waals surface area contributed by atoms with Gasteiger partial charge < -0.3 is 9.47 Å². The maximum Gasteiger partial charge on any atom is 0.111 e. The van der Waals surface area contributed by atoms with Crippen LogP contribution >= 0.6 is 0 Å². The second-order valence-electron chi connectivity index (χ2n) is 1.67. The van der Waals surface area contributed by atoms with E-state index in [1.54, 1.807) is 26.4 Å². The third-order valence-electron chi connectivity index (χ3n) is 0.979. The van der Waals surface area contributed by atoms with Crippen molar-refractivity contribution in [2.75, 3.05) is 14.2 Å². The van der Waals surface area contributed by atoms with Crippen molar-refractivity contribution in [2.45, 2.75) is 0 Å². The van der Waals surface area contributed by atoms with Crippen molar-refractivity contribution >= 4 is 0 Å². The van der Waals surface area contributed by atoms with Gasteiger partial charge in [-0.2, -0.15) is 0 Å². The Kier molecular flexibility index (Phi) is 4.12. The van der Waals surface area contributed by atoms with Crippen molar-refractivity contribution in [3.63, 3.8) is 0 Å². The van der Waals surface area contributed by atoms with E-state index in [2.05, 4.69) is 13.2 Å². The molecule has 0 spiro atoms. The fraction of sp³-hybridized carbons (Fsp3) is 0.250. The lowest BCUT2D eigenvalue weighted by molar-refractivity contribution is 0.301. The largest absolute Gasteiger partial charge is 0.497 e. The minimum absolute atomic E-state index is 0.582. The molecule has 0 amide bonds. The van der Waals surface area contributed by atoms with Gasteiger partial charge >= 0.3 is 0 Å². The first-order valence-electron chi connectivity index (χ1n) is 2.84. The van der Waals surface area contributed by atoms with Gasteiger partial charge in [0.25, 0.3) is 0 Å². The molecule has 0 aromatic carbocycles.